The molecule has 3 aromatic carbocycles. The Kier molecular flexibility index (Phi) is 5.97. The van der Waals surface area contributed by atoms with Crippen LogP contribution in [-0.4, -0.2) is 18.8 Å². The summed E-state index contributed by atoms with van der Waals surface area (Å²) in [6.07, 6.45) is -1.38. The summed E-state index contributed by atoms with van der Waals surface area (Å²) in [5, 5.41) is 0.502. The minimum Gasteiger partial charge on any atom is -0.441 e. The van der Waals surface area contributed by atoms with E-state index in [1.54, 1.807) is 24.3 Å². The van der Waals surface area contributed by atoms with Crippen molar-refractivity contribution in [3.8, 4) is 0 Å². The van der Waals surface area contributed by atoms with E-state index in [-0.39, 0.29) is 12.2 Å². The largest absolute Gasteiger partial charge is 0.441 e. The summed E-state index contributed by atoms with van der Waals surface area (Å²) < 4.78 is 39.1. The molecule has 0 aromatic heterocycles. The fourth-order valence-electron chi connectivity index (χ4n) is 3.50. The van der Waals surface area contributed by atoms with Crippen LogP contribution in [0.1, 0.15) is 17.2 Å². The third-order valence-electron chi connectivity index (χ3n) is 4.80. The van der Waals surface area contributed by atoms with E-state index in [1.807, 2.05) is 30.3 Å². The van der Waals surface area contributed by atoms with Crippen molar-refractivity contribution in [2.45, 2.75) is 18.8 Å². The van der Waals surface area contributed by atoms with Crippen molar-refractivity contribution in [3.05, 3.63) is 101 Å². The summed E-state index contributed by atoms with van der Waals surface area (Å²) in [4.78, 5) is 14.0. The van der Waals surface area contributed by atoms with Gasteiger partial charge in [-0.15, -0.1) is 0 Å². The second-order valence-electron chi connectivity index (χ2n) is 6.92. The van der Waals surface area contributed by atoms with Gasteiger partial charge in [-0.1, -0.05) is 41.9 Å². The zero-order valence-corrected chi connectivity index (χ0v) is 16.6. The molecule has 0 radical (unpaired) electrons. The van der Waals surface area contributed by atoms with Gasteiger partial charge in [0.15, 0.2) is 6.10 Å². The molecule has 30 heavy (non-hydrogen) atoms. The number of hydrogen-bond acceptors (Lipinski definition) is 3. The van der Waals surface area contributed by atoms with Crippen molar-refractivity contribution in [3.63, 3.8) is 0 Å². The molecule has 4 rings (SSSR count). The average Bonchev–Trinajstić information content (AvgIpc) is 3.05. The molecule has 2 atom stereocenters. The Morgan fingerprint density at radius 2 is 1.63 bits per heavy atom. The quantitative estimate of drug-likeness (QED) is 0.489. The van der Waals surface area contributed by atoms with Crippen molar-refractivity contribution in [2.75, 3.05) is 11.5 Å². The van der Waals surface area contributed by atoms with E-state index in [1.165, 1.54) is 17.0 Å². The highest BCUT2D eigenvalue weighted by molar-refractivity contribution is 6.30. The summed E-state index contributed by atoms with van der Waals surface area (Å²) in [6, 6.07) is 18.5. The Labute approximate surface area is 177 Å². The number of nitrogens with zero attached hydrogens (tertiary/aromatic N) is 1. The number of halogens is 3. The molecule has 154 valence electrons. The fraction of sp³-hybridized carbons (Fsp3) is 0.174. The summed E-state index contributed by atoms with van der Waals surface area (Å²) in [7, 11) is 0. The van der Waals surface area contributed by atoms with Gasteiger partial charge in [0.05, 0.1) is 13.2 Å². The third kappa shape index (κ3) is 4.45. The lowest BCUT2D eigenvalue weighted by Gasteiger charge is -2.25. The van der Waals surface area contributed by atoms with E-state index < -0.39 is 29.9 Å². The summed E-state index contributed by atoms with van der Waals surface area (Å²) >= 11 is 5.95. The van der Waals surface area contributed by atoms with Gasteiger partial charge in [0, 0.05) is 16.8 Å². The molecule has 1 heterocycles. The van der Waals surface area contributed by atoms with Gasteiger partial charge in [-0.3, -0.25) is 4.90 Å². The number of carbonyl (C=O) groups excluding carboxylic acids is 1. The normalized spacial score (nSPS) is 18.5. The molecule has 0 spiro atoms. The van der Waals surface area contributed by atoms with Crippen LogP contribution in [0.25, 0.3) is 0 Å². The van der Waals surface area contributed by atoms with E-state index in [2.05, 4.69) is 0 Å². The first-order valence-electron chi connectivity index (χ1n) is 9.34. The number of benzene rings is 3. The molecule has 4 nitrogen and oxygen atoms in total. The standard InChI is InChI=1S/C23H18ClF2NO3/c24-17-6-8-20(9-7-17)27-22(16-10-18(25)12-19(26)11-16)21(30-23(27)28)14-29-13-15-4-2-1-3-5-15/h1-12,21-22H,13-14H2/t21-,22-/m0/s1. The molecule has 0 bridgehead atoms. The number of anilines is 1. The Morgan fingerprint density at radius 3 is 2.30 bits per heavy atom. The van der Waals surface area contributed by atoms with Crippen LogP contribution < -0.4 is 4.90 Å². The number of amides is 1. The molecule has 7 heteroatoms. The Bertz CT molecular complexity index is 1010. The molecule has 0 aliphatic carbocycles. The lowest BCUT2D eigenvalue weighted by Crippen LogP contribution is -2.31. The van der Waals surface area contributed by atoms with Gasteiger partial charge in [-0.25, -0.2) is 13.6 Å². The maximum absolute atomic E-state index is 13.9. The van der Waals surface area contributed by atoms with Crippen LogP contribution >= 0.6 is 11.6 Å². The van der Waals surface area contributed by atoms with E-state index in [9.17, 15) is 13.6 Å². The molecule has 1 aliphatic heterocycles. The molecule has 0 N–H and O–H groups in total. The molecule has 0 unspecified atom stereocenters. The third-order valence-corrected chi connectivity index (χ3v) is 5.06. The van der Waals surface area contributed by atoms with Crippen LogP contribution in [0.4, 0.5) is 19.3 Å². The lowest BCUT2D eigenvalue weighted by atomic mass is 10.00. The van der Waals surface area contributed by atoms with Gasteiger partial charge in [0.1, 0.15) is 17.7 Å². The first-order chi connectivity index (χ1) is 14.5. The maximum atomic E-state index is 13.9. The van der Waals surface area contributed by atoms with E-state index in [4.69, 9.17) is 21.1 Å². The van der Waals surface area contributed by atoms with Gasteiger partial charge in [0.25, 0.3) is 0 Å². The highest BCUT2D eigenvalue weighted by atomic mass is 35.5. The predicted octanol–water partition coefficient (Wildman–Crippen LogP) is 5.90. The molecule has 3 aromatic rings. The van der Waals surface area contributed by atoms with Crippen LogP contribution in [-0.2, 0) is 16.1 Å². The molecule has 1 amide bonds. The Balaban J connectivity index is 1.62. The fourth-order valence-corrected chi connectivity index (χ4v) is 3.63. The van der Waals surface area contributed by atoms with Crippen molar-refractivity contribution in [1.82, 2.24) is 0 Å². The Hall–Kier alpha value is -2.96. The first-order valence-corrected chi connectivity index (χ1v) is 9.72. The van der Waals surface area contributed by atoms with Gasteiger partial charge >= 0.3 is 6.09 Å². The molecular weight excluding hydrogens is 412 g/mol. The molecular formula is C23H18ClF2NO3. The van der Waals surface area contributed by atoms with Crippen LogP contribution in [0.15, 0.2) is 72.8 Å². The minimum atomic E-state index is -0.764. The van der Waals surface area contributed by atoms with E-state index in [0.717, 1.165) is 11.6 Å². The van der Waals surface area contributed by atoms with Gasteiger partial charge in [-0.05, 0) is 47.5 Å². The molecule has 1 saturated heterocycles. The van der Waals surface area contributed by atoms with Crippen LogP contribution in [0.5, 0.6) is 0 Å². The summed E-state index contributed by atoms with van der Waals surface area (Å²) in [5.74, 6) is -1.46. The van der Waals surface area contributed by atoms with Crippen molar-refractivity contribution in [2.24, 2.45) is 0 Å². The van der Waals surface area contributed by atoms with E-state index >= 15 is 0 Å². The topological polar surface area (TPSA) is 38.8 Å². The first kappa shape index (κ1) is 20.3. The number of cyclic esters (lactones) is 1. The molecule has 0 saturated carbocycles. The van der Waals surface area contributed by atoms with Gasteiger partial charge in [-0.2, -0.15) is 0 Å². The van der Waals surface area contributed by atoms with Crippen LogP contribution in [0.2, 0.25) is 5.02 Å². The second kappa shape index (κ2) is 8.81. The van der Waals surface area contributed by atoms with Crippen LogP contribution in [0, 0.1) is 11.6 Å². The monoisotopic (exact) mass is 429 g/mol. The van der Waals surface area contributed by atoms with Gasteiger partial charge in [0.2, 0.25) is 0 Å². The highest BCUT2D eigenvalue weighted by Crippen LogP contribution is 2.38. The van der Waals surface area contributed by atoms with Crippen molar-refractivity contribution in [1.29, 1.82) is 0 Å². The maximum Gasteiger partial charge on any atom is 0.415 e. The average molecular weight is 430 g/mol. The zero-order chi connectivity index (χ0) is 21.1. The van der Waals surface area contributed by atoms with Gasteiger partial charge < -0.3 is 9.47 Å². The minimum absolute atomic E-state index is 0.0630. The number of carbonyl (C=O) groups is 1. The number of hydrogen-bond donors (Lipinski definition) is 0. The zero-order valence-electron chi connectivity index (χ0n) is 15.8. The summed E-state index contributed by atoms with van der Waals surface area (Å²) in [5.41, 5.74) is 1.75. The lowest BCUT2D eigenvalue weighted by molar-refractivity contribution is 0.0272. The predicted molar refractivity (Wildman–Crippen MR) is 109 cm³/mol. The smallest absolute Gasteiger partial charge is 0.415 e. The molecule has 1 fully saturated rings. The Morgan fingerprint density at radius 1 is 0.967 bits per heavy atom. The second-order valence-corrected chi connectivity index (χ2v) is 7.35. The SMILES string of the molecule is O=C1O[C@@H](COCc2ccccc2)[C@H](c2cc(F)cc(F)c2)N1c1ccc(Cl)cc1. The van der Waals surface area contributed by atoms with Crippen molar-refractivity contribution < 1.29 is 23.0 Å². The molecule has 1 aliphatic rings. The highest BCUT2D eigenvalue weighted by Gasteiger charge is 2.44. The number of rotatable bonds is 6. The van der Waals surface area contributed by atoms with Crippen LogP contribution in [0.3, 0.4) is 0 Å². The number of ether oxygens (including phenoxy) is 2. The summed E-state index contributed by atoms with van der Waals surface area (Å²) in [6.45, 7) is 0.383. The van der Waals surface area contributed by atoms with Crippen molar-refractivity contribution >= 4 is 23.4 Å². The van der Waals surface area contributed by atoms with E-state index in [0.29, 0.717) is 17.3 Å².